The Balaban J connectivity index is 1.66. The van der Waals surface area contributed by atoms with Crippen LogP contribution in [0.15, 0.2) is 18.2 Å². The van der Waals surface area contributed by atoms with Crippen molar-refractivity contribution in [1.29, 1.82) is 0 Å². The van der Waals surface area contributed by atoms with E-state index < -0.39 is 17.5 Å². The molecule has 150 valence electrons. The van der Waals surface area contributed by atoms with Crippen molar-refractivity contribution in [3.63, 3.8) is 0 Å². The summed E-state index contributed by atoms with van der Waals surface area (Å²) in [5.41, 5.74) is -0.512. The van der Waals surface area contributed by atoms with Crippen molar-refractivity contribution < 1.29 is 23.5 Å². The van der Waals surface area contributed by atoms with Crippen LogP contribution in [0.3, 0.4) is 0 Å². The molecule has 1 saturated carbocycles. The van der Waals surface area contributed by atoms with Crippen molar-refractivity contribution in [2.24, 2.45) is 5.92 Å². The number of hydrogen-bond donors (Lipinski definition) is 1. The molecule has 2 atom stereocenters. The fourth-order valence-electron chi connectivity index (χ4n) is 3.11. The highest BCUT2D eigenvalue weighted by Crippen LogP contribution is 2.29. The molecule has 1 aliphatic rings. The van der Waals surface area contributed by atoms with Crippen molar-refractivity contribution in [3.05, 3.63) is 29.0 Å². The van der Waals surface area contributed by atoms with Crippen molar-refractivity contribution >= 4 is 23.5 Å². The quantitative estimate of drug-likeness (QED) is 0.708. The molecule has 2 rings (SSSR count). The molecule has 2 unspecified atom stereocenters. The van der Waals surface area contributed by atoms with Crippen LogP contribution in [0.2, 0.25) is 5.02 Å². The van der Waals surface area contributed by atoms with Crippen molar-refractivity contribution in [3.8, 4) is 5.75 Å². The lowest BCUT2D eigenvalue weighted by Crippen LogP contribution is -2.37. The molecular weight excluding hydrogens is 373 g/mol. The average Bonchev–Trinajstić information content (AvgIpc) is 2.99. The monoisotopic (exact) mass is 399 g/mol. The summed E-state index contributed by atoms with van der Waals surface area (Å²) in [6, 6.07) is 4.18. The first kappa shape index (κ1) is 21.5. The topological polar surface area (TPSA) is 64.6 Å². The zero-order valence-corrected chi connectivity index (χ0v) is 16.8. The van der Waals surface area contributed by atoms with Gasteiger partial charge in [0, 0.05) is 18.5 Å². The number of alkyl carbamates (subject to hydrolysis) is 1. The second kappa shape index (κ2) is 9.40. The summed E-state index contributed by atoms with van der Waals surface area (Å²) in [4.78, 5) is 23.8. The van der Waals surface area contributed by atoms with Gasteiger partial charge in [-0.2, -0.15) is 0 Å². The van der Waals surface area contributed by atoms with Crippen LogP contribution in [0.4, 0.5) is 9.18 Å². The van der Waals surface area contributed by atoms with Gasteiger partial charge in [0.05, 0.1) is 5.02 Å². The Morgan fingerprint density at radius 3 is 2.70 bits per heavy atom. The number of hydrogen-bond acceptors (Lipinski definition) is 4. The zero-order chi connectivity index (χ0) is 20.0. The smallest absolute Gasteiger partial charge is 0.407 e. The summed E-state index contributed by atoms with van der Waals surface area (Å²) >= 11 is 5.61. The van der Waals surface area contributed by atoms with E-state index in [4.69, 9.17) is 21.1 Å². The number of halogens is 2. The van der Waals surface area contributed by atoms with E-state index >= 15 is 0 Å². The van der Waals surface area contributed by atoms with E-state index in [0.29, 0.717) is 12.3 Å². The normalized spacial score (nSPS) is 19.6. The number of amides is 1. The summed E-state index contributed by atoms with van der Waals surface area (Å²) < 4.78 is 23.9. The Labute approximate surface area is 164 Å². The molecule has 1 aromatic rings. The Morgan fingerprint density at radius 2 is 2.04 bits per heavy atom. The molecule has 0 aromatic heterocycles. The highest BCUT2D eigenvalue weighted by Gasteiger charge is 2.27. The number of rotatable bonds is 7. The highest BCUT2D eigenvalue weighted by atomic mass is 35.5. The maximum atomic E-state index is 13.3. The highest BCUT2D eigenvalue weighted by molar-refractivity contribution is 6.30. The van der Waals surface area contributed by atoms with Gasteiger partial charge in [0.1, 0.15) is 23.8 Å². The number of Topliss-reactive ketones (excluding diaryl/α,β-unsaturated/α-hetero) is 1. The van der Waals surface area contributed by atoms with E-state index in [1.807, 2.05) is 20.8 Å². The summed E-state index contributed by atoms with van der Waals surface area (Å²) in [5.74, 6) is 0.0691. The molecule has 0 aliphatic heterocycles. The number of benzene rings is 1. The summed E-state index contributed by atoms with van der Waals surface area (Å²) in [7, 11) is 0. The van der Waals surface area contributed by atoms with Gasteiger partial charge in [0.2, 0.25) is 0 Å². The zero-order valence-electron chi connectivity index (χ0n) is 16.0. The molecular formula is C20H27ClFNO4. The molecule has 0 spiro atoms. The van der Waals surface area contributed by atoms with Gasteiger partial charge >= 0.3 is 6.09 Å². The van der Waals surface area contributed by atoms with E-state index in [2.05, 4.69) is 5.32 Å². The second-order valence-corrected chi connectivity index (χ2v) is 8.37. The maximum Gasteiger partial charge on any atom is 0.407 e. The molecule has 1 N–H and O–H groups in total. The molecule has 0 heterocycles. The summed E-state index contributed by atoms with van der Waals surface area (Å²) in [6.45, 7) is 5.40. The second-order valence-electron chi connectivity index (χ2n) is 7.96. The molecule has 1 aromatic carbocycles. The average molecular weight is 400 g/mol. The number of nitrogens with one attached hydrogen (secondary N) is 1. The molecule has 7 heteroatoms. The third-order valence-electron chi connectivity index (χ3n) is 4.38. The van der Waals surface area contributed by atoms with Gasteiger partial charge in [-0.3, -0.25) is 4.79 Å². The lowest BCUT2D eigenvalue weighted by Gasteiger charge is -2.21. The Hall–Kier alpha value is -1.82. The summed E-state index contributed by atoms with van der Waals surface area (Å²) in [5, 5.41) is 2.91. The number of carbonyl (C=O) groups is 2. The van der Waals surface area contributed by atoms with E-state index in [9.17, 15) is 14.0 Å². The van der Waals surface area contributed by atoms with Gasteiger partial charge in [-0.15, -0.1) is 0 Å². The number of carbonyl (C=O) groups excluding carboxylic acids is 2. The van der Waals surface area contributed by atoms with Crippen LogP contribution >= 0.6 is 11.6 Å². The number of ether oxygens (including phenoxy) is 2. The molecule has 1 aliphatic carbocycles. The molecule has 27 heavy (non-hydrogen) atoms. The lowest BCUT2D eigenvalue weighted by atomic mass is 10.00. The maximum absolute atomic E-state index is 13.3. The Morgan fingerprint density at radius 1 is 1.30 bits per heavy atom. The van der Waals surface area contributed by atoms with Crippen LogP contribution in [-0.4, -0.2) is 30.1 Å². The lowest BCUT2D eigenvalue weighted by molar-refractivity contribution is -0.121. The minimum atomic E-state index is -0.573. The van der Waals surface area contributed by atoms with Crippen LogP contribution in [0.25, 0.3) is 0 Å². The molecule has 5 nitrogen and oxygen atoms in total. The Kier molecular flexibility index (Phi) is 7.48. The van der Waals surface area contributed by atoms with Gasteiger partial charge in [-0.05, 0) is 64.5 Å². The van der Waals surface area contributed by atoms with Gasteiger partial charge in [0.15, 0.2) is 5.78 Å². The predicted molar refractivity (Wildman–Crippen MR) is 102 cm³/mol. The van der Waals surface area contributed by atoms with Crippen LogP contribution in [0, 0.1) is 11.7 Å². The largest absolute Gasteiger partial charge is 0.486 e. The fourth-order valence-corrected chi connectivity index (χ4v) is 3.23. The standard InChI is InChI=1S/C20H27ClFNO4/c1-20(2,3)27-19(25)23-14-6-4-13(10-14)5-7-15(24)12-26-16-8-9-17(21)18(22)11-16/h8-9,11,13-14H,4-7,10,12H2,1-3H3,(H,23,25). The summed E-state index contributed by atoms with van der Waals surface area (Å²) in [6.07, 6.45) is 3.46. The third kappa shape index (κ3) is 7.75. The minimum absolute atomic E-state index is 0.0180. The van der Waals surface area contributed by atoms with Gasteiger partial charge in [0.25, 0.3) is 0 Å². The Bertz CT molecular complexity index is 674. The van der Waals surface area contributed by atoms with E-state index in [1.165, 1.54) is 18.2 Å². The van der Waals surface area contributed by atoms with Crippen LogP contribution in [0.1, 0.15) is 52.9 Å². The third-order valence-corrected chi connectivity index (χ3v) is 4.69. The molecule has 0 saturated heterocycles. The first-order valence-electron chi connectivity index (χ1n) is 9.21. The fraction of sp³-hybridized carbons (Fsp3) is 0.600. The van der Waals surface area contributed by atoms with Gasteiger partial charge in [-0.1, -0.05) is 11.6 Å². The predicted octanol–water partition coefficient (Wildman–Crippen LogP) is 4.90. The van der Waals surface area contributed by atoms with Crippen LogP contribution in [0.5, 0.6) is 5.75 Å². The first-order chi connectivity index (χ1) is 12.6. The van der Waals surface area contributed by atoms with Crippen molar-refractivity contribution in [2.45, 2.75) is 64.5 Å². The van der Waals surface area contributed by atoms with Gasteiger partial charge in [-0.25, -0.2) is 9.18 Å². The van der Waals surface area contributed by atoms with Crippen molar-refractivity contribution in [1.82, 2.24) is 5.32 Å². The minimum Gasteiger partial charge on any atom is -0.486 e. The molecule has 1 fully saturated rings. The SMILES string of the molecule is CC(C)(C)OC(=O)NC1CCC(CCC(=O)COc2ccc(Cl)c(F)c2)C1. The van der Waals surface area contributed by atoms with Gasteiger partial charge < -0.3 is 14.8 Å². The number of ketones is 1. The van der Waals surface area contributed by atoms with E-state index in [0.717, 1.165) is 25.7 Å². The van der Waals surface area contributed by atoms with E-state index in [-0.39, 0.29) is 29.2 Å². The van der Waals surface area contributed by atoms with Crippen LogP contribution < -0.4 is 10.1 Å². The van der Waals surface area contributed by atoms with E-state index in [1.54, 1.807) is 0 Å². The first-order valence-corrected chi connectivity index (χ1v) is 9.59. The molecule has 0 radical (unpaired) electrons. The molecule has 0 bridgehead atoms. The van der Waals surface area contributed by atoms with Crippen molar-refractivity contribution in [2.75, 3.05) is 6.61 Å². The molecule has 1 amide bonds. The van der Waals surface area contributed by atoms with Crippen LogP contribution in [-0.2, 0) is 9.53 Å².